The molecule has 1 aliphatic rings. The molecule has 0 spiro atoms. The maximum atomic E-state index is 12.5. The number of piperidine rings is 1. The zero-order valence-corrected chi connectivity index (χ0v) is 18.1. The zero-order chi connectivity index (χ0) is 21.0. The highest BCUT2D eigenvalue weighted by atomic mass is 32.2. The van der Waals surface area contributed by atoms with Gasteiger partial charge >= 0.3 is 0 Å². The van der Waals surface area contributed by atoms with Gasteiger partial charge in [0.2, 0.25) is 0 Å². The van der Waals surface area contributed by atoms with Crippen molar-refractivity contribution in [2.45, 2.75) is 30.7 Å². The van der Waals surface area contributed by atoms with E-state index in [1.807, 2.05) is 55.4 Å². The zero-order valence-electron chi connectivity index (χ0n) is 17.3. The first kappa shape index (κ1) is 21.2. The van der Waals surface area contributed by atoms with Crippen molar-refractivity contribution in [3.63, 3.8) is 0 Å². The molecule has 6 nitrogen and oxygen atoms in total. The molecule has 7 heteroatoms. The second kappa shape index (κ2) is 8.86. The van der Waals surface area contributed by atoms with Gasteiger partial charge in [-0.3, -0.25) is 4.79 Å². The lowest BCUT2D eigenvalue weighted by molar-refractivity contribution is 0.0931. The summed E-state index contributed by atoms with van der Waals surface area (Å²) in [6, 6.07) is 14.8. The van der Waals surface area contributed by atoms with Crippen molar-refractivity contribution >= 4 is 27.1 Å². The Hall–Kier alpha value is -2.54. The van der Waals surface area contributed by atoms with E-state index in [4.69, 9.17) is 0 Å². The van der Waals surface area contributed by atoms with Crippen LogP contribution in [0, 0.1) is 0 Å². The van der Waals surface area contributed by atoms with Gasteiger partial charge in [0.1, 0.15) is 0 Å². The fourth-order valence-electron chi connectivity index (χ4n) is 3.49. The van der Waals surface area contributed by atoms with Crippen LogP contribution < -0.4 is 15.1 Å². The quantitative estimate of drug-likeness (QED) is 0.786. The lowest BCUT2D eigenvalue weighted by atomic mass is 10.0. The topological polar surface area (TPSA) is 69.7 Å². The van der Waals surface area contributed by atoms with E-state index in [9.17, 15) is 13.2 Å². The molecule has 1 heterocycles. The van der Waals surface area contributed by atoms with Crippen molar-refractivity contribution in [2.24, 2.45) is 0 Å². The number of sulfone groups is 1. The molecule has 2 aromatic rings. The first-order chi connectivity index (χ1) is 13.8. The summed E-state index contributed by atoms with van der Waals surface area (Å²) in [4.78, 5) is 17.1. The fourth-order valence-corrected chi connectivity index (χ4v) is 4.38. The molecule has 1 fully saturated rings. The summed E-state index contributed by atoms with van der Waals surface area (Å²) in [6.45, 7) is 3.30. The van der Waals surface area contributed by atoms with Crippen molar-refractivity contribution in [3.8, 4) is 0 Å². The number of anilines is 2. The molecule has 0 aromatic heterocycles. The van der Waals surface area contributed by atoms with E-state index in [0.29, 0.717) is 10.5 Å². The Labute approximate surface area is 173 Å². The Balaban J connectivity index is 1.54. The van der Waals surface area contributed by atoms with Gasteiger partial charge in [0.15, 0.2) is 9.84 Å². The number of carbonyl (C=O) groups is 1. The Morgan fingerprint density at radius 1 is 1.03 bits per heavy atom. The molecule has 0 saturated carbocycles. The van der Waals surface area contributed by atoms with Gasteiger partial charge in [0, 0.05) is 50.2 Å². The lowest BCUT2D eigenvalue weighted by Gasteiger charge is -2.34. The minimum Gasteiger partial charge on any atom is -0.378 e. The molecule has 1 amide bonds. The summed E-state index contributed by atoms with van der Waals surface area (Å²) in [5.41, 5.74) is 2.75. The summed E-state index contributed by atoms with van der Waals surface area (Å²) in [5.74, 6) is 0.0675. The van der Waals surface area contributed by atoms with Gasteiger partial charge in [-0.25, -0.2) is 8.42 Å². The molecule has 2 aromatic carbocycles. The minimum absolute atomic E-state index is 0.0390. The summed E-state index contributed by atoms with van der Waals surface area (Å²) in [7, 11) is 0.772. The predicted octanol–water partition coefficient (Wildman–Crippen LogP) is 2.95. The van der Waals surface area contributed by atoms with Crippen LogP contribution in [0.25, 0.3) is 0 Å². The van der Waals surface area contributed by atoms with Crippen LogP contribution in [0.3, 0.4) is 0 Å². The molecular formula is C22H29N3O3S. The fraction of sp³-hybridized carbons (Fsp3) is 0.409. The van der Waals surface area contributed by atoms with Crippen molar-refractivity contribution < 1.29 is 13.2 Å². The van der Waals surface area contributed by atoms with Gasteiger partial charge in [0.05, 0.1) is 10.6 Å². The number of nitrogens with zero attached hydrogens (tertiary/aromatic N) is 2. The highest BCUT2D eigenvalue weighted by Crippen LogP contribution is 2.23. The number of rotatable bonds is 6. The SMILES string of the molecule is CCS(=O)(=O)c1ccc(N2CCC(NC(=O)c3ccc(N(C)C)cc3)CC2)cc1. The molecule has 0 bridgehead atoms. The van der Waals surface area contributed by atoms with E-state index < -0.39 is 9.84 Å². The molecule has 0 aliphatic carbocycles. The lowest BCUT2D eigenvalue weighted by Crippen LogP contribution is -2.44. The second-order valence-electron chi connectivity index (χ2n) is 7.57. The molecule has 1 N–H and O–H groups in total. The highest BCUT2D eigenvalue weighted by Gasteiger charge is 2.22. The third kappa shape index (κ3) is 5.09. The number of hydrogen-bond acceptors (Lipinski definition) is 5. The number of nitrogens with one attached hydrogen (secondary N) is 1. The average Bonchev–Trinajstić information content (AvgIpc) is 2.74. The molecule has 156 valence electrons. The van der Waals surface area contributed by atoms with Crippen LogP contribution in [0.15, 0.2) is 53.4 Å². The molecule has 1 saturated heterocycles. The number of amides is 1. The van der Waals surface area contributed by atoms with E-state index in [2.05, 4.69) is 10.2 Å². The van der Waals surface area contributed by atoms with Crippen LogP contribution in [-0.2, 0) is 9.84 Å². The maximum absolute atomic E-state index is 12.5. The summed E-state index contributed by atoms with van der Waals surface area (Å²) >= 11 is 0. The van der Waals surface area contributed by atoms with Crippen LogP contribution in [0.5, 0.6) is 0 Å². The normalized spacial score (nSPS) is 15.2. The molecule has 0 unspecified atom stereocenters. The van der Waals surface area contributed by atoms with Crippen LogP contribution in [0.4, 0.5) is 11.4 Å². The van der Waals surface area contributed by atoms with Crippen LogP contribution in [0.2, 0.25) is 0 Å². The van der Waals surface area contributed by atoms with Crippen LogP contribution in [0.1, 0.15) is 30.1 Å². The van der Waals surface area contributed by atoms with Gasteiger partial charge in [-0.15, -0.1) is 0 Å². The molecular weight excluding hydrogens is 386 g/mol. The van der Waals surface area contributed by atoms with Crippen molar-refractivity contribution in [1.82, 2.24) is 5.32 Å². The molecule has 3 rings (SSSR count). The molecule has 0 radical (unpaired) electrons. The van der Waals surface area contributed by atoms with E-state index in [1.54, 1.807) is 19.1 Å². The van der Waals surface area contributed by atoms with Gasteiger partial charge in [0.25, 0.3) is 5.91 Å². The third-order valence-corrected chi connectivity index (χ3v) is 7.17. The van der Waals surface area contributed by atoms with Gasteiger partial charge in [-0.1, -0.05) is 6.92 Å². The smallest absolute Gasteiger partial charge is 0.251 e. The van der Waals surface area contributed by atoms with Crippen molar-refractivity contribution in [1.29, 1.82) is 0 Å². The summed E-state index contributed by atoms with van der Waals surface area (Å²) < 4.78 is 23.9. The third-order valence-electron chi connectivity index (χ3n) is 5.42. The molecule has 0 atom stereocenters. The van der Waals surface area contributed by atoms with E-state index >= 15 is 0 Å². The largest absolute Gasteiger partial charge is 0.378 e. The van der Waals surface area contributed by atoms with Crippen LogP contribution >= 0.6 is 0 Å². The van der Waals surface area contributed by atoms with Gasteiger partial charge in [-0.2, -0.15) is 0 Å². The Bertz CT molecular complexity index is 930. The van der Waals surface area contributed by atoms with Crippen molar-refractivity contribution in [3.05, 3.63) is 54.1 Å². The minimum atomic E-state index is -3.17. The average molecular weight is 416 g/mol. The van der Waals surface area contributed by atoms with E-state index in [0.717, 1.165) is 37.3 Å². The van der Waals surface area contributed by atoms with E-state index in [-0.39, 0.29) is 17.7 Å². The monoisotopic (exact) mass is 415 g/mol. The number of hydrogen-bond donors (Lipinski definition) is 1. The highest BCUT2D eigenvalue weighted by molar-refractivity contribution is 7.91. The van der Waals surface area contributed by atoms with E-state index in [1.165, 1.54) is 0 Å². The summed E-state index contributed by atoms with van der Waals surface area (Å²) in [6.07, 6.45) is 1.72. The summed E-state index contributed by atoms with van der Waals surface area (Å²) in [5, 5.41) is 3.13. The first-order valence-electron chi connectivity index (χ1n) is 9.96. The number of carbonyl (C=O) groups excluding carboxylic acids is 1. The Morgan fingerprint density at radius 2 is 1.62 bits per heavy atom. The molecule has 1 aliphatic heterocycles. The van der Waals surface area contributed by atoms with Crippen molar-refractivity contribution in [2.75, 3.05) is 42.7 Å². The first-order valence-corrected chi connectivity index (χ1v) is 11.6. The standard InChI is InChI=1S/C22H29N3O3S/c1-4-29(27,28)21-11-9-20(10-12-21)25-15-13-18(14-16-25)23-22(26)17-5-7-19(8-6-17)24(2)3/h5-12,18H,4,13-16H2,1-3H3,(H,23,26). The second-order valence-corrected chi connectivity index (χ2v) is 9.85. The maximum Gasteiger partial charge on any atom is 0.251 e. The van der Waals surface area contributed by atoms with Gasteiger partial charge in [-0.05, 0) is 61.4 Å². The van der Waals surface area contributed by atoms with Gasteiger partial charge < -0.3 is 15.1 Å². The Kier molecular flexibility index (Phi) is 6.47. The predicted molar refractivity (Wildman–Crippen MR) is 118 cm³/mol. The number of benzene rings is 2. The molecule has 29 heavy (non-hydrogen) atoms. The Morgan fingerprint density at radius 3 is 2.14 bits per heavy atom. The van der Waals surface area contributed by atoms with Crippen LogP contribution in [-0.4, -0.2) is 53.3 Å².